The maximum atomic E-state index is 11.5. The molecule has 7 nitrogen and oxygen atoms in total. The highest BCUT2D eigenvalue weighted by atomic mass is 35.5. The van der Waals surface area contributed by atoms with Crippen LogP contribution in [0.1, 0.15) is 25.7 Å². The number of halogens is 1. The predicted molar refractivity (Wildman–Crippen MR) is 77.6 cm³/mol. The zero-order valence-electron chi connectivity index (χ0n) is 11.5. The summed E-state index contributed by atoms with van der Waals surface area (Å²) in [5, 5.41) is 9.49. The number of benzene rings is 1. The Labute approximate surface area is 127 Å². The Morgan fingerprint density at radius 1 is 1.43 bits per heavy atom. The van der Waals surface area contributed by atoms with Gasteiger partial charge in [-0.05, 0) is 32.0 Å². The minimum absolute atomic E-state index is 0.0718. The first kappa shape index (κ1) is 15.7. The zero-order valence-corrected chi connectivity index (χ0v) is 13.1. The number of nitrogens with two attached hydrogens (primary N) is 1. The van der Waals surface area contributed by atoms with Gasteiger partial charge in [-0.25, -0.2) is 23.2 Å². The quantitative estimate of drug-likeness (QED) is 0.900. The summed E-state index contributed by atoms with van der Waals surface area (Å²) in [5.41, 5.74) is 0. The fourth-order valence-electron chi connectivity index (χ4n) is 1.77. The van der Waals surface area contributed by atoms with Gasteiger partial charge in [0.2, 0.25) is 10.0 Å². The summed E-state index contributed by atoms with van der Waals surface area (Å²) in [6.45, 7) is 3.98. The van der Waals surface area contributed by atoms with Gasteiger partial charge in [-0.3, -0.25) is 0 Å². The van der Waals surface area contributed by atoms with Crippen LogP contribution in [0.3, 0.4) is 0 Å². The average molecular weight is 331 g/mol. The number of hydrogen-bond donors (Lipinski definition) is 1. The highest BCUT2D eigenvalue weighted by molar-refractivity contribution is 7.89. The molecule has 9 heteroatoms. The Morgan fingerprint density at radius 2 is 2.14 bits per heavy atom. The molecular weight excluding hydrogens is 316 g/mol. The highest BCUT2D eigenvalue weighted by Gasteiger charge is 2.17. The first-order valence-corrected chi connectivity index (χ1v) is 8.05. The Bertz CT molecular complexity index is 743. The van der Waals surface area contributed by atoms with Crippen molar-refractivity contribution < 1.29 is 13.2 Å². The van der Waals surface area contributed by atoms with E-state index in [1.165, 1.54) is 24.5 Å². The Morgan fingerprint density at radius 3 is 2.76 bits per heavy atom. The summed E-state index contributed by atoms with van der Waals surface area (Å²) in [6.07, 6.45) is 1.42. The second-order valence-corrected chi connectivity index (χ2v) is 6.61. The van der Waals surface area contributed by atoms with E-state index in [0.717, 1.165) is 0 Å². The summed E-state index contributed by atoms with van der Waals surface area (Å²) < 4.78 is 30.3. The molecule has 0 fully saturated rings. The van der Waals surface area contributed by atoms with Crippen LogP contribution in [-0.2, 0) is 16.6 Å². The maximum Gasteiger partial charge on any atom is 0.241 e. The molecule has 0 aliphatic heterocycles. The van der Waals surface area contributed by atoms with Gasteiger partial charge in [-0.15, -0.1) is 0 Å². The minimum Gasteiger partial charge on any atom is -0.484 e. The molecule has 0 amide bonds. The third-order valence-corrected chi connectivity index (χ3v) is 3.87. The molecule has 1 aromatic carbocycles. The molecule has 21 heavy (non-hydrogen) atoms. The van der Waals surface area contributed by atoms with Gasteiger partial charge < -0.3 is 4.74 Å². The Kier molecular flexibility index (Phi) is 4.50. The van der Waals surface area contributed by atoms with Crippen molar-refractivity contribution in [2.45, 2.75) is 31.4 Å². The fraction of sp³-hybridized carbons (Fsp3) is 0.333. The third kappa shape index (κ3) is 3.72. The SMILES string of the molecule is CC(C)n1ncnc1COc1ccc(Cl)cc1S(N)(=O)=O. The van der Waals surface area contributed by atoms with Gasteiger partial charge in [-0.2, -0.15) is 5.10 Å². The molecule has 0 saturated heterocycles. The molecule has 0 aliphatic carbocycles. The molecule has 0 bridgehead atoms. The number of sulfonamides is 1. The molecule has 2 N–H and O–H groups in total. The predicted octanol–water partition coefficient (Wildman–Crippen LogP) is 1.74. The monoisotopic (exact) mass is 330 g/mol. The van der Waals surface area contributed by atoms with Crippen molar-refractivity contribution in [3.8, 4) is 5.75 Å². The Balaban J connectivity index is 2.27. The van der Waals surface area contributed by atoms with Crippen molar-refractivity contribution >= 4 is 21.6 Å². The summed E-state index contributed by atoms with van der Waals surface area (Å²) in [4.78, 5) is 3.92. The van der Waals surface area contributed by atoms with E-state index in [0.29, 0.717) is 5.82 Å². The van der Waals surface area contributed by atoms with Crippen LogP contribution < -0.4 is 9.88 Å². The lowest BCUT2D eigenvalue weighted by Gasteiger charge is -2.12. The van der Waals surface area contributed by atoms with E-state index in [-0.39, 0.29) is 28.3 Å². The normalized spacial score (nSPS) is 11.9. The van der Waals surface area contributed by atoms with Gasteiger partial charge in [0, 0.05) is 11.1 Å². The largest absolute Gasteiger partial charge is 0.484 e. The van der Waals surface area contributed by atoms with E-state index in [9.17, 15) is 8.42 Å². The van der Waals surface area contributed by atoms with Crippen molar-refractivity contribution in [2.75, 3.05) is 0 Å². The molecule has 0 unspecified atom stereocenters. The molecule has 0 atom stereocenters. The molecule has 0 aliphatic rings. The molecule has 2 aromatic rings. The van der Waals surface area contributed by atoms with Gasteiger partial charge in [0.15, 0.2) is 5.82 Å². The summed E-state index contributed by atoms with van der Waals surface area (Å²) in [7, 11) is -3.93. The molecule has 0 saturated carbocycles. The first-order valence-electron chi connectivity index (χ1n) is 6.12. The van der Waals surface area contributed by atoms with Gasteiger partial charge in [0.1, 0.15) is 23.6 Å². The molecule has 1 heterocycles. The van der Waals surface area contributed by atoms with Crippen LogP contribution in [-0.4, -0.2) is 23.2 Å². The van der Waals surface area contributed by atoms with Crippen molar-refractivity contribution in [3.05, 3.63) is 35.4 Å². The number of aromatic nitrogens is 3. The van der Waals surface area contributed by atoms with E-state index in [1.54, 1.807) is 4.68 Å². The zero-order chi connectivity index (χ0) is 15.6. The standard InChI is InChI=1S/C12H15ClN4O3S/c1-8(2)17-12(15-7-16-17)6-20-10-4-3-9(13)5-11(10)21(14,18)19/h3-5,7-8H,6H2,1-2H3,(H2,14,18,19). The van der Waals surface area contributed by atoms with Crippen LogP contribution >= 0.6 is 11.6 Å². The molecular formula is C12H15ClN4O3S. The van der Waals surface area contributed by atoms with Crippen LogP contribution in [0.25, 0.3) is 0 Å². The lowest BCUT2D eigenvalue weighted by molar-refractivity contribution is 0.275. The number of ether oxygens (including phenoxy) is 1. The van der Waals surface area contributed by atoms with Crippen molar-refractivity contribution in [1.82, 2.24) is 14.8 Å². The van der Waals surface area contributed by atoms with Crippen LogP contribution in [0, 0.1) is 0 Å². The van der Waals surface area contributed by atoms with Crippen LogP contribution in [0.2, 0.25) is 5.02 Å². The van der Waals surface area contributed by atoms with E-state index in [4.69, 9.17) is 21.5 Å². The molecule has 0 radical (unpaired) electrons. The van der Waals surface area contributed by atoms with E-state index < -0.39 is 10.0 Å². The average Bonchev–Trinajstić information content (AvgIpc) is 2.84. The Hall–Kier alpha value is -1.64. The molecule has 2 rings (SSSR count). The van der Waals surface area contributed by atoms with Gasteiger partial charge in [0.25, 0.3) is 0 Å². The van der Waals surface area contributed by atoms with E-state index in [1.807, 2.05) is 13.8 Å². The van der Waals surface area contributed by atoms with E-state index in [2.05, 4.69) is 10.1 Å². The highest BCUT2D eigenvalue weighted by Crippen LogP contribution is 2.27. The smallest absolute Gasteiger partial charge is 0.241 e. The fourth-order valence-corrected chi connectivity index (χ4v) is 2.71. The second-order valence-electron chi connectivity index (χ2n) is 4.64. The van der Waals surface area contributed by atoms with Crippen LogP contribution in [0.15, 0.2) is 29.4 Å². The van der Waals surface area contributed by atoms with Gasteiger partial charge in [-0.1, -0.05) is 11.6 Å². The number of nitrogens with zero attached hydrogens (tertiary/aromatic N) is 3. The number of rotatable bonds is 5. The first-order chi connectivity index (χ1) is 9.79. The van der Waals surface area contributed by atoms with Crippen LogP contribution in [0.4, 0.5) is 0 Å². The summed E-state index contributed by atoms with van der Waals surface area (Å²) in [5.74, 6) is 0.709. The van der Waals surface area contributed by atoms with Crippen molar-refractivity contribution in [2.24, 2.45) is 5.14 Å². The summed E-state index contributed by atoms with van der Waals surface area (Å²) in [6, 6.07) is 4.35. The van der Waals surface area contributed by atoms with Crippen molar-refractivity contribution in [3.63, 3.8) is 0 Å². The lowest BCUT2D eigenvalue weighted by atomic mass is 10.3. The maximum absolute atomic E-state index is 11.5. The number of primary sulfonamides is 1. The van der Waals surface area contributed by atoms with Gasteiger partial charge >= 0.3 is 0 Å². The molecule has 114 valence electrons. The number of hydrogen-bond acceptors (Lipinski definition) is 5. The van der Waals surface area contributed by atoms with Crippen molar-refractivity contribution in [1.29, 1.82) is 0 Å². The van der Waals surface area contributed by atoms with E-state index >= 15 is 0 Å². The second kappa shape index (κ2) is 6.00. The topological polar surface area (TPSA) is 100 Å². The lowest BCUT2D eigenvalue weighted by Crippen LogP contribution is -2.15. The molecule has 0 spiro atoms. The van der Waals surface area contributed by atoms with Gasteiger partial charge in [0.05, 0.1) is 0 Å². The third-order valence-electron chi connectivity index (χ3n) is 2.71. The minimum atomic E-state index is -3.93. The van der Waals surface area contributed by atoms with Crippen LogP contribution in [0.5, 0.6) is 5.75 Å². The molecule has 1 aromatic heterocycles. The summed E-state index contributed by atoms with van der Waals surface area (Å²) >= 11 is 5.79.